The van der Waals surface area contributed by atoms with E-state index in [0.717, 1.165) is 25.1 Å². The largest absolute Gasteiger partial charge is 0.362 e. The molecule has 0 heterocycles. The van der Waals surface area contributed by atoms with Gasteiger partial charge in [-0.05, 0) is 49.3 Å². The summed E-state index contributed by atoms with van der Waals surface area (Å²) in [5.41, 5.74) is 7.74. The number of rotatable bonds is 5. The molecule has 0 aliphatic rings. The van der Waals surface area contributed by atoms with E-state index in [1.165, 1.54) is 5.56 Å². The van der Waals surface area contributed by atoms with Gasteiger partial charge in [-0.1, -0.05) is 19.1 Å². The number of thiocarbonyl (C=S) groups is 1. The van der Waals surface area contributed by atoms with Gasteiger partial charge in [0.1, 0.15) is 0 Å². The van der Waals surface area contributed by atoms with E-state index < -0.39 is 0 Å². The van der Waals surface area contributed by atoms with Crippen molar-refractivity contribution in [1.29, 1.82) is 0 Å². The van der Waals surface area contributed by atoms with E-state index in [9.17, 15) is 0 Å². The number of hydrogen-bond acceptors (Lipinski definition) is 2. The molecule has 0 aliphatic carbocycles. The van der Waals surface area contributed by atoms with E-state index in [-0.39, 0.29) is 0 Å². The van der Waals surface area contributed by atoms with Crippen LogP contribution in [-0.2, 0) is 6.42 Å². The third-order valence-corrected chi connectivity index (χ3v) is 2.53. The number of nitrogens with one attached hydrogen (secondary N) is 2. The Morgan fingerprint density at radius 1 is 1.31 bits per heavy atom. The molecule has 0 atom stereocenters. The minimum atomic E-state index is 0.651. The fourth-order valence-electron chi connectivity index (χ4n) is 1.30. The van der Waals surface area contributed by atoms with E-state index in [0.29, 0.717) is 11.7 Å². The van der Waals surface area contributed by atoms with Crippen LogP contribution in [0.2, 0.25) is 0 Å². The molecular formula is C12H19N3S. The minimum Gasteiger partial charge on any atom is -0.362 e. The fourth-order valence-corrected chi connectivity index (χ4v) is 1.52. The lowest BCUT2D eigenvalue weighted by atomic mass is 10.1. The maximum absolute atomic E-state index is 5.40. The highest BCUT2D eigenvalue weighted by atomic mass is 32.1. The van der Waals surface area contributed by atoms with Crippen LogP contribution in [0.4, 0.5) is 5.69 Å². The summed E-state index contributed by atoms with van der Waals surface area (Å²) in [7, 11) is 0. The maximum atomic E-state index is 5.40. The van der Waals surface area contributed by atoms with Crippen molar-refractivity contribution in [2.45, 2.75) is 19.8 Å². The number of aryl methyl sites for hydroxylation is 1. The lowest BCUT2D eigenvalue weighted by molar-refractivity contribution is 0.788. The lowest BCUT2D eigenvalue weighted by Crippen LogP contribution is -2.30. The van der Waals surface area contributed by atoms with Crippen molar-refractivity contribution in [3.8, 4) is 0 Å². The SMILES string of the molecule is CCc1ccc(NC(=S)NCCCN)cc1. The van der Waals surface area contributed by atoms with E-state index in [1.807, 2.05) is 12.1 Å². The predicted octanol–water partition coefficient (Wildman–Crippen LogP) is 1.88. The Morgan fingerprint density at radius 3 is 2.56 bits per heavy atom. The molecule has 0 aromatic heterocycles. The summed E-state index contributed by atoms with van der Waals surface area (Å²) >= 11 is 5.15. The van der Waals surface area contributed by atoms with Gasteiger partial charge in [-0.15, -0.1) is 0 Å². The van der Waals surface area contributed by atoms with Crippen molar-refractivity contribution >= 4 is 23.0 Å². The molecule has 0 bridgehead atoms. The molecule has 3 nitrogen and oxygen atoms in total. The monoisotopic (exact) mass is 237 g/mol. The molecule has 0 saturated carbocycles. The predicted molar refractivity (Wildman–Crippen MR) is 73.7 cm³/mol. The summed E-state index contributed by atoms with van der Waals surface area (Å²) < 4.78 is 0. The van der Waals surface area contributed by atoms with Gasteiger partial charge >= 0.3 is 0 Å². The molecule has 0 aliphatic heterocycles. The summed E-state index contributed by atoms with van der Waals surface area (Å²) in [5, 5.41) is 6.88. The maximum Gasteiger partial charge on any atom is 0.170 e. The van der Waals surface area contributed by atoms with Crippen molar-refractivity contribution in [3.05, 3.63) is 29.8 Å². The van der Waals surface area contributed by atoms with Gasteiger partial charge in [0, 0.05) is 12.2 Å². The van der Waals surface area contributed by atoms with Crippen LogP contribution in [0.1, 0.15) is 18.9 Å². The first-order valence-electron chi connectivity index (χ1n) is 5.60. The molecule has 88 valence electrons. The summed E-state index contributed by atoms with van der Waals surface area (Å²) in [6.45, 7) is 3.64. The molecule has 0 amide bonds. The smallest absolute Gasteiger partial charge is 0.170 e. The summed E-state index contributed by atoms with van der Waals surface area (Å²) in [6, 6.07) is 8.28. The molecule has 4 heteroatoms. The summed E-state index contributed by atoms with van der Waals surface area (Å²) in [5.74, 6) is 0. The molecule has 1 rings (SSSR count). The number of hydrogen-bond donors (Lipinski definition) is 3. The average molecular weight is 237 g/mol. The molecule has 0 saturated heterocycles. The van der Waals surface area contributed by atoms with Crippen molar-refractivity contribution in [2.75, 3.05) is 18.4 Å². The lowest BCUT2D eigenvalue weighted by Gasteiger charge is -2.10. The van der Waals surface area contributed by atoms with Crippen molar-refractivity contribution in [2.24, 2.45) is 5.73 Å². The molecule has 0 fully saturated rings. The Balaban J connectivity index is 2.37. The second kappa shape index (κ2) is 7.19. The van der Waals surface area contributed by atoms with Crippen molar-refractivity contribution in [1.82, 2.24) is 5.32 Å². The van der Waals surface area contributed by atoms with Gasteiger partial charge in [0.05, 0.1) is 0 Å². The van der Waals surface area contributed by atoms with Gasteiger partial charge < -0.3 is 16.4 Å². The molecular weight excluding hydrogens is 218 g/mol. The van der Waals surface area contributed by atoms with Crippen LogP contribution >= 0.6 is 12.2 Å². The van der Waals surface area contributed by atoms with Gasteiger partial charge in [-0.2, -0.15) is 0 Å². The van der Waals surface area contributed by atoms with Gasteiger partial charge in [0.25, 0.3) is 0 Å². The standard InChI is InChI=1S/C12H19N3S/c1-2-10-4-6-11(7-5-10)15-12(16)14-9-3-8-13/h4-7H,2-3,8-9,13H2,1H3,(H2,14,15,16). The van der Waals surface area contributed by atoms with Gasteiger partial charge in [0.15, 0.2) is 5.11 Å². The molecule has 0 radical (unpaired) electrons. The quantitative estimate of drug-likeness (QED) is 0.541. The van der Waals surface area contributed by atoms with E-state index in [1.54, 1.807) is 0 Å². The van der Waals surface area contributed by atoms with Gasteiger partial charge in [-0.25, -0.2) is 0 Å². The Kier molecular flexibility index (Phi) is 5.82. The average Bonchev–Trinajstić information content (AvgIpc) is 2.30. The van der Waals surface area contributed by atoms with Crippen LogP contribution in [0.25, 0.3) is 0 Å². The number of nitrogens with two attached hydrogens (primary N) is 1. The number of anilines is 1. The topological polar surface area (TPSA) is 50.1 Å². The zero-order valence-corrected chi connectivity index (χ0v) is 10.4. The zero-order chi connectivity index (χ0) is 11.8. The first-order chi connectivity index (χ1) is 7.76. The van der Waals surface area contributed by atoms with Crippen LogP contribution in [0.15, 0.2) is 24.3 Å². The van der Waals surface area contributed by atoms with Gasteiger partial charge in [-0.3, -0.25) is 0 Å². The Morgan fingerprint density at radius 2 is 2.00 bits per heavy atom. The van der Waals surface area contributed by atoms with E-state index in [4.69, 9.17) is 18.0 Å². The van der Waals surface area contributed by atoms with E-state index >= 15 is 0 Å². The highest BCUT2D eigenvalue weighted by Gasteiger charge is 1.96. The highest BCUT2D eigenvalue weighted by Crippen LogP contribution is 2.09. The van der Waals surface area contributed by atoms with Crippen molar-refractivity contribution in [3.63, 3.8) is 0 Å². The normalized spacial score (nSPS) is 9.88. The molecule has 0 unspecified atom stereocenters. The molecule has 16 heavy (non-hydrogen) atoms. The Labute approximate surface area is 102 Å². The van der Waals surface area contributed by atoms with Crippen LogP contribution in [0, 0.1) is 0 Å². The second-order valence-electron chi connectivity index (χ2n) is 3.57. The minimum absolute atomic E-state index is 0.651. The van der Waals surface area contributed by atoms with Crippen LogP contribution < -0.4 is 16.4 Å². The number of benzene rings is 1. The third-order valence-electron chi connectivity index (χ3n) is 2.29. The van der Waals surface area contributed by atoms with Crippen molar-refractivity contribution < 1.29 is 0 Å². The van der Waals surface area contributed by atoms with Crippen LogP contribution in [0.3, 0.4) is 0 Å². The molecule has 1 aromatic rings. The van der Waals surface area contributed by atoms with Gasteiger partial charge in [0.2, 0.25) is 0 Å². The summed E-state index contributed by atoms with van der Waals surface area (Å²) in [4.78, 5) is 0. The van der Waals surface area contributed by atoms with E-state index in [2.05, 4.69) is 29.7 Å². The highest BCUT2D eigenvalue weighted by molar-refractivity contribution is 7.80. The molecule has 4 N–H and O–H groups in total. The Hall–Kier alpha value is -1.13. The third kappa shape index (κ3) is 4.59. The van der Waals surface area contributed by atoms with Crippen LogP contribution in [0.5, 0.6) is 0 Å². The second-order valence-corrected chi connectivity index (χ2v) is 3.98. The molecule has 0 spiro atoms. The first kappa shape index (κ1) is 12.9. The first-order valence-corrected chi connectivity index (χ1v) is 6.01. The molecule has 1 aromatic carbocycles. The van der Waals surface area contributed by atoms with Crippen LogP contribution in [-0.4, -0.2) is 18.2 Å². The zero-order valence-electron chi connectivity index (χ0n) is 9.62. The Bertz CT molecular complexity index is 322. The summed E-state index contributed by atoms with van der Waals surface area (Å²) in [6.07, 6.45) is 1.98. The fraction of sp³-hybridized carbons (Fsp3) is 0.417.